The molecule has 0 unspecified atom stereocenters. The fourth-order valence-electron chi connectivity index (χ4n) is 0.840. The molecule has 1 rings (SSSR count). The zero-order valence-corrected chi connectivity index (χ0v) is 7.78. The lowest BCUT2D eigenvalue weighted by atomic mass is 10.2. The third-order valence-electron chi connectivity index (χ3n) is 1.39. The maximum atomic E-state index is 11.8. The third-order valence-corrected chi connectivity index (χ3v) is 1.39. The van der Waals surface area contributed by atoms with Crippen LogP contribution in [0.5, 0.6) is 5.75 Å². The molecule has 0 aliphatic carbocycles. The Bertz CT molecular complexity index is 281. The van der Waals surface area contributed by atoms with E-state index in [0.717, 1.165) is 5.56 Å². The molecule has 0 fully saturated rings. The van der Waals surface area contributed by atoms with Gasteiger partial charge in [-0.15, -0.1) is 12.4 Å². The number of rotatable bonds is 2. The number of hydrogen-bond donors (Lipinski definition) is 1. The van der Waals surface area contributed by atoms with Gasteiger partial charge >= 0.3 is 6.61 Å². The molecule has 2 N–H and O–H groups in total. The molecule has 74 valence electrons. The number of halogens is 3. The van der Waals surface area contributed by atoms with Crippen molar-refractivity contribution in [2.45, 2.75) is 13.5 Å². The lowest BCUT2D eigenvalue weighted by Crippen LogP contribution is -2.04. The Morgan fingerprint density at radius 2 is 2.00 bits per heavy atom. The number of aryl methyl sites for hydroxylation is 1. The molecule has 0 aliphatic heterocycles. The van der Waals surface area contributed by atoms with Gasteiger partial charge in [-0.3, -0.25) is 0 Å². The van der Waals surface area contributed by atoms with Gasteiger partial charge in [0, 0.05) is 0 Å². The van der Waals surface area contributed by atoms with E-state index in [4.69, 9.17) is 5.73 Å². The standard InChI is InChI=1S/C8H9F2NO.ClH/c1-5-2-3-6(11)7(4-5)12-8(9)10;/h2-4,8H,11H2,1H3;1H. The summed E-state index contributed by atoms with van der Waals surface area (Å²) in [5, 5.41) is 0. The molecule has 0 heterocycles. The van der Waals surface area contributed by atoms with Crippen molar-refractivity contribution < 1.29 is 13.5 Å². The van der Waals surface area contributed by atoms with Crippen LogP contribution in [0, 0.1) is 6.92 Å². The Balaban J connectivity index is 0.00000144. The molecule has 0 saturated carbocycles. The number of alkyl halides is 2. The highest BCUT2D eigenvalue weighted by Crippen LogP contribution is 2.23. The molecule has 0 saturated heterocycles. The highest BCUT2D eigenvalue weighted by atomic mass is 35.5. The Hall–Kier alpha value is -1.03. The van der Waals surface area contributed by atoms with E-state index in [0.29, 0.717) is 0 Å². The minimum atomic E-state index is -2.82. The van der Waals surface area contributed by atoms with E-state index < -0.39 is 6.61 Å². The van der Waals surface area contributed by atoms with Crippen LogP contribution >= 0.6 is 12.4 Å². The molecule has 0 aliphatic rings. The Morgan fingerprint density at radius 3 is 2.54 bits per heavy atom. The Labute approximate surface area is 81.1 Å². The molecule has 1 aromatic carbocycles. The first-order valence-corrected chi connectivity index (χ1v) is 3.40. The summed E-state index contributed by atoms with van der Waals surface area (Å²) < 4.78 is 27.7. The van der Waals surface area contributed by atoms with Crippen molar-refractivity contribution in [3.8, 4) is 5.75 Å². The highest BCUT2D eigenvalue weighted by Gasteiger charge is 2.06. The number of ether oxygens (including phenoxy) is 1. The van der Waals surface area contributed by atoms with Gasteiger partial charge in [0.15, 0.2) is 0 Å². The lowest BCUT2D eigenvalue weighted by Gasteiger charge is -2.07. The van der Waals surface area contributed by atoms with Crippen molar-refractivity contribution in [3.63, 3.8) is 0 Å². The minimum Gasteiger partial charge on any atom is -0.433 e. The number of nitrogens with two attached hydrogens (primary N) is 1. The van der Waals surface area contributed by atoms with Gasteiger partial charge in [0.25, 0.3) is 0 Å². The topological polar surface area (TPSA) is 35.2 Å². The SMILES string of the molecule is Cc1ccc(N)c(OC(F)F)c1.Cl. The summed E-state index contributed by atoms with van der Waals surface area (Å²) in [6, 6.07) is 4.74. The van der Waals surface area contributed by atoms with Gasteiger partial charge in [0.05, 0.1) is 5.69 Å². The second-order valence-corrected chi connectivity index (χ2v) is 2.42. The average Bonchev–Trinajstić information content (AvgIpc) is 1.96. The molecule has 0 atom stereocenters. The van der Waals surface area contributed by atoms with Crippen molar-refractivity contribution in [2.24, 2.45) is 0 Å². The van der Waals surface area contributed by atoms with E-state index in [1.165, 1.54) is 12.1 Å². The van der Waals surface area contributed by atoms with Crippen LogP contribution in [0.2, 0.25) is 0 Å². The van der Waals surface area contributed by atoms with Crippen LogP contribution in [0.25, 0.3) is 0 Å². The summed E-state index contributed by atoms with van der Waals surface area (Å²) in [4.78, 5) is 0. The van der Waals surface area contributed by atoms with Crippen LogP contribution in [-0.4, -0.2) is 6.61 Å². The minimum absolute atomic E-state index is 0. The monoisotopic (exact) mass is 209 g/mol. The first kappa shape index (κ1) is 12.0. The molecule has 5 heteroatoms. The molecule has 0 radical (unpaired) electrons. The summed E-state index contributed by atoms with van der Waals surface area (Å²) in [5.41, 5.74) is 6.44. The van der Waals surface area contributed by atoms with Crippen LogP contribution < -0.4 is 10.5 Å². The van der Waals surface area contributed by atoms with Crippen molar-refractivity contribution in [3.05, 3.63) is 23.8 Å². The van der Waals surface area contributed by atoms with E-state index in [2.05, 4.69) is 4.74 Å². The van der Waals surface area contributed by atoms with E-state index >= 15 is 0 Å². The normalized spacial score (nSPS) is 9.54. The molecular formula is C8H10ClF2NO. The zero-order chi connectivity index (χ0) is 9.14. The fourth-order valence-corrected chi connectivity index (χ4v) is 0.840. The van der Waals surface area contributed by atoms with Crippen molar-refractivity contribution in [1.29, 1.82) is 0 Å². The van der Waals surface area contributed by atoms with Crippen LogP contribution in [0.4, 0.5) is 14.5 Å². The van der Waals surface area contributed by atoms with Crippen LogP contribution in [0.3, 0.4) is 0 Å². The average molecular weight is 210 g/mol. The second kappa shape index (κ2) is 4.87. The van der Waals surface area contributed by atoms with E-state index in [-0.39, 0.29) is 23.8 Å². The largest absolute Gasteiger partial charge is 0.433 e. The molecule has 1 aromatic rings. The Kier molecular flexibility index (Phi) is 4.48. The van der Waals surface area contributed by atoms with Gasteiger partial charge in [-0.2, -0.15) is 8.78 Å². The maximum absolute atomic E-state index is 11.8. The summed E-state index contributed by atoms with van der Waals surface area (Å²) in [5.74, 6) is 0.0324. The van der Waals surface area contributed by atoms with Gasteiger partial charge in [-0.05, 0) is 24.6 Å². The van der Waals surface area contributed by atoms with E-state index in [1.807, 2.05) is 0 Å². The van der Waals surface area contributed by atoms with E-state index in [1.54, 1.807) is 13.0 Å². The third kappa shape index (κ3) is 3.46. The summed E-state index contributed by atoms with van der Waals surface area (Å²) in [6.07, 6.45) is 0. The molecule has 13 heavy (non-hydrogen) atoms. The predicted octanol–water partition coefficient (Wildman–Crippen LogP) is 2.60. The Morgan fingerprint density at radius 1 is 1.38 bits per heavy atom. The lowest BCUT2D eigenvalue weighted by molar-refractivity contribution is -0.0493. The highest BCUT2D eigenvalue weighted by molar-refractivity contribution is 5.85. The van der Waals surface area contributed by atoms with Gasteiger partial charge in [-0.1, -0.05) is 6.07 Å². The summed E-state index contributed by atoms with van der Waals surface area (Å²) >= 11 is 0. The second-order valence-electron chi connectivity index (χ2n) is 2.42. The van der Waals surface area contributed by atoms with Crippen LogP contribution in [0.15, 0.2) is 18.2 Å². The summed E-state index contributed by atoms with van der Waals surface area (Å²) in [7, 11) is 0. The van der Waals surface area contributed by atoms with Gasteiger partial charge < -0.3 is 10.5 Å². The number of benzene rings is 1. The molecule has 0 aromatic heterocycles. The molecule has 0 spiro atoms. The smallest absolute Gasteiger partial charge is 0.387 e. The quantitative estimate of drug-likeness (QED) is 0.760. The van der Waals surface area contributed by atoms with Gasteiger partial charge in [0.2, 0.25) is 0 Å². The number of hydrogen-bond acceptors (Lipinski definition) is 2. The van der Waals surface area contributed by atoms with Crippen molar-refractivity contribution in [2.75, 3.05) is 5.73 Å². The number of anilines is 1. The predicted molar refractivity (Wildman–Crippen MR) is 49.5 cm³/mol. The number of nitrogen functional groups attached to an aromatic ring is 1. The first-order valence-electron chi connectivity index (χ1n) is 3.40. The molecular weight excluding hydrogens is 200 g/mol. The van der Waals surface area contributed by atoms with Crippen LogP contribution in [0.1, 0.15) is 5.56 Å². The first-order chi connectivity index (χ1) is 5.59. The van der Waals surface area contributed by atoms with Crippen molar-refractivity contribution >= 4 is 18.1 Å². The maximum Gasteiger partial charge on any atom is 0.387 e. The molecule has 0 bridgehead atoms. The van der Waals surface area contributed by atoms with Crippen molar-refractivity contribution in [1.82, 2.24) is 0 Å². The zero-order valence-electron chi connectivity index (χ0n) is 6.96. The van der Waals surface area contributed by atoms with Gasteiger partial charge in [-0.25, -0.2) is 0 Å². The van der Waals surface area contributed by atoms with Crippen LogP contribution in [-0.2, 0) is 0 Å². The van der Waals surface area contributed by atoms with E-state index in [9.17, 15) is 8.78 Å². The fraction of sp³-hybridized carbons (Fsp3) is 0.250. The van der Waals surface area contributed by atoms with Gasteiger partial charge in [0.1, 0.15) is 5.75 Å². The summed E-state index contributed by atoms with van der Waals surface area (Å²) in [6.45, 7) is -1.05. The molecule has 2 nitrogen and oxygen atoms in total. The molecule has 0 amide bonds.